The Kier molecular flexibility index (Phi) is 8.31. The summed E-state index contributed by atoms with van der Waals surface area (Å²) < 4.78 is 52.3. The fraction of sp³-hybridized carbons (Fsp3) is 0.167. The fourth-order valence-electron chi connectivity index (χ4n) is 3.10. The number of halogens is 2. The maximum absolute atomic E-state index is 13.9. The predicted molar refractivity (Wildman–Crippen MR) is 132 cm³/mol. The summed E-state index contributed by atoms with van der Waals surface area (Å²) in [5.74, 6) is -0.718. The number of aryl methyl sites for hydroxylation is 1. The largest absolute Gasteiger partial charge is 0.493 e. The number of anilines is 1. The average Bonchev–Trinajstić information content (AvgIpc) is 2.84. The van der Waals surface area contributed by atoms with E-state index >= 15 is 0 Å². The summed E-state index contributed by atoms with van der Waals surface area (Å²) in [4.78, 5) is 12.7. The zero-order chi connectivity index (χ0) is 25.6. The van der Waals surface area contributed by atoms with Crippen LogP contribution in [0.3, 0.4) is 0 Å². The van der Waals surface area contributed by atoms with E-state index in [-0.39, 0.29) is 26.9 Å². The minimum atomic E-state index is -4.16. The van der Waals surface area contributed by atoms with Crippen LogP contribution in [0, 0.1) is 12.7 Å². The van der Waals surface area contributed by atoms with Crippen LogP contribution in [-0.4, -0.2) is 41.3 Å². The zero-order valence-corrected chi connectivity index (χ0v) is 20.7. The van der Waals surface area contributed by atoms with E-state index in [1.807, 2.05) is 6.92 Å². The summed E-state index contributed by atoms with van der Waals surface area (Å²) in [5, 5.41) is 3.83. The Hall–Kier alpha value is -3.63. The van der Waals surface area contributed by atoms with Gasteiger partial charge in [-0.15, -0.1) is 0 Å². The molecule has 0 saturated carbocycles. The van der Waals surface area contributed by atoms with Crippen molar-refractivity contribution in [1.29, 1.82) is 0 Å². The quantitative estimate of drug-likeness (QED) is 0.338. The summed E-state index contributed by atoms with van der Waals surface area (Å²) >= 11 is 5.95. The first-order chi connectivity index (χ1) is 16.7. The van der Waals surface area contributed by atoms with E-state index in [0.717, 1.165) is 16.1 Å². The Bertz CT molecular complexity index is 1330. The number of amides is 1. The number of nitrogens with zero attached hydrogens (tertiary/aromatic N) is 2. The van der Waals surface area contributed by atoms with Crippen LogP contribution in [0.25, 0.3) is 0 Å². The molecular formula is C24H23ClFN3O5S. The molecule has 8 nitrogen and oxygen atoms in total. The highest BCUT2D eigenvalue weighted by molar-refractivity contribution is 7.92. The molecule has 35 heavy (non-hydrogen) atoms. The van der Waals surface area contributed by atoms with Gasteiger partial charge >= 0.3 is 0 Å². The second kappa shape index (κ2) is 11.2. The SMILES string of the molecule is COc1ccc(N(CC(=O)N/N=C\c2c(F)cccc2Cl)S(=O)(=O)c2ccc(C)cc2)cc1OC. The highest BCUT2D eigenvalue weighted by atomic mass is 35.5. The maximum Gasteiger partial charge on any atom is 0.264 e. The van der Waals surface area contributed by atoms with E-state index in [9.17, 15) is 17.6 Å². The molecule has 0 fully saturated rings. The minimum Gasteiger partial charge on any atom is -0.493 e. The van der Waals surface area contributed by atoms with Crippen LogP contribution in [-0.2, 0) is 14.8 Å². The second-order valence-electron chi connectivity index (χ2n) is 7.29. The van der Waals surface area contributed by atoms with Crippen molar-refractivity contribution in [1.82, 2.24) is 5.43 Å². The van der Waals surface area contributed by atoms with Gasteiger partial charge in [0.1, 0.15) is 12.4 Å². The summed E-state index contributed by atoms with van der Waals surface area (Å²) in [6, 6.07) is 14.8. The molecule has 11 heteroatoms. The topological polar surface area (TPSA) is 97.3 Å². The number of hydrogen-bond donors (Lipinski definition) is 1. The molecule has 1 amide bonds. The van der Waals surface area contributed by atoms with Crippen LogP contribution in [0.5, 0.6) is 11.5 Å². The van der Waals surface area contributed by atoms with E-state index < -0.39 is 28.3 Å². The molecule has 0 heterocycles. The molecule has 3 rings (SSSR count). The van der Waals surface area contributed by atoms with Gasteiger partial charge in [0.15, 0.2) is 11.5 Å². The highest BCUT2D eigenvalue weighted by Crippen LogP contribution is 2.33. The van der Waals surface area contributed by atoms with Crippen molar-refractivity contribution in [2.24, 2.45) is 5.10 Å². The fourth-order valence-corrected chi connectivity index (χ4v) is 4.73. The number of hydrazone groups is 1. The number of nitrogens with one attached hydrogen (secondary N) is 1. The smallest absolute Gasteiger partial charge is 0.264 e. The van der Waals surface area contributed by atoms with Crippen molar-refractivity contribution in [3.05, 3.63) is 82.6 Å². The van der Waals surface area contributed by atoms with Gasteiger partial charge in [0.25, 0.3) is 15.9 Å². The first kappa shape index (κ1) is 26.0. The Morgan fingerprint density at radius 1 is 1.09 bits per heavy atom. The van der Waals surface area contributed by atoms with Crippen LogP contribution in [0.4, 0.5) is 10.1 Å². The van der Waals surface area contributed by atoms with Crippen LogP contribution < -0.4 is 19.2 Å². The third-order valence-corrected chi connectivity index (χ3v) is 7.05. The molecule has 0 spiro atoms. The normalized spacial score (nSPS) is 11.3. The van der Waals surface area contributed by atoms with Crippen LogP contribution >= 0.6 is 11.6 Å². The van der Waals surface area contributed by atoms with Crippen molar-refractivity contribution in [2.45, 2.75) is 11.8 Å². The Labute approximate surface area is 208 Å². The second-order valence-corrected chi connectivity index (χ2v) is 9.56. The Morgan fingerprint density at radius 2 is 1.77 bits per heavy atom. The van der Waals surface area contributed by atoms with Crippen LogP contribution in [0.15, 0.2) is 70.7 Å². The zero-order valence-electron chi connectivity index (χ0n) is 19.2. The predicted octanol–water partition coefficient (Wildman–Crippen LogP) is 4.15. The van der Waals surface area contributed by atoms with Gasteiger partial charge in [0, 0.05) is 11.6 Å². The van der Waals surface area contributed by atoms with Gasteiger partial charge in [-0.3, -0.25) is 9.10 Å². The van der Waals surface area contributed by atoms with E-state index in [0.29, 0.717) is 5.75 Å². The number of hydrogen-bond acceptors (Lipinski definition) is 6. The first-order valence-electron chi connectivity index (χ1n) is 10.2. The van der Waals surface area contributed by atoms with Gasteiger partial charge in [0.05, 0.1) is 36.0 Å². The van der Waals surface area contributed by atoms with Crippen LogP contribution in [0.1, 0.15) is 11.1 Å². The summed E-state index contributed by atoms with van der Waals surface area (Å²) in [6.45, 7) is 1.21. The lowest BCUT2D eigenvalue weighted by Gasteiger charge is -2.24. The number of ether oxygens (including phenoxy) is 2. The Balaban J connectivity index is 1.93. The number of carbonyl (C=O) groups is 1. The Morgan fingerprint density at radius 3 is 2.40 bits per heavy atom. The van der Waals surface area contributed by atoms with E-state index in [1.165, 1.54) is 62.8 Å². The maximum atomic E-state index is 13.9. The molecule has 0 aliphatic heterocycles. The number of sulfonamides is 1. The van der Waals surface area contributed by atoms with Gasteiger partial charge in [-0.25, -0.2) is 18.2 Å². The summed E-state index contributed by atoms with van der Waals surface area (Å²) in [5.41, 5.74) is 3.24. The van der Waals surface area contributed by atoms with Gasteiger partial charge < -0.3 is 9.47 Å². The molecule has 0 unspecified atom stereocenters. The minimum absolute atomic E-state index is 0.00711. The molecule has 0 radical (unpaired) electrons. The van der Waals surface area contributed by atoms with Crippen molar-refractivity contribution in [3.8, 4) is 11.5 Å². The van der Waals surface area contributed by atoms with Gasteiger partial charge in [-0.1, -0.05) is 35.4 Å². The van der Waals surface area contributed by atoms with E-state index in [2.05, 4.69) is 10.5 Å². The molecule has 3 aromatic carbocycles. The van der Waals surface area contributed by atoms with Gasteiger partial charge in [0.2, 0.25) is 0 Å². The monoisotopic (exact) mass is 519 g/mol. The molecular weight excluding hydrogens is 497 g/mol. The molecule has 0 aliphatic carbocycles. The molecule has 184 valence electrons. The van der Waals surface area contributed by atoms with Gasteiger partial charge in [-0.05, 0) is 43.3 Å². The van der Waals surface area contributed by atoms with Crippen molar-refractivity contribution >= 4 is 39.4 Å². The lowest BCUT2D eigenvalue weighted by Crippen LogP contribution is -2.39. The van der Waals surface area contributed by atoms with E-state index in [1.54, 1.807) is 12.1 Å². The molecule has 0 aliphatic rings. The van der Waals surface area contributed by atoms with Crippen molar-refractivity contribution in [3.63, 3.8) is 0 Å². The number of carbonyl (C=O) groups excluding carboxylic acids is 1. The number of rotatable bonds is 9. The molecule has 0 bridgehead atoms. The van der Waals surface area contributed by atoms with Crippen molar-refractivity contribution < 1.29 is 27.1 Å². The lowest BCUT2D eigenvalue weighted by molar-refractivity contribution is -0.119. The third-order valence-electron chi connectivity index (χ3n) is 4.93. The molecule has 0 atom stereocenters. The summed E-state index contributed by atoms with van der Waals surface area (Å²) in [6.07, 6.45) is 1.05. The molecule has 0 saturated heterocycles. The van der Waals surface area contributed by atoms with Crippen molar-refractivity contribution in [2.75, 3.05) is 25.1 Å². The third kappa shape index (κ3) is 6.09. The molecule has 1 N–H and O–H groups in total. The van der Waals surface area contributed by atoms with E-state index in [4.69, 9.17) is 21.1 Å². The first-order valence-corrected chi connectivity index (χ1v) is 12.1. The molecule has 0 aromatic heterocycles. The number of benzene rings is 3. The van der Waals surface area contributed by atoms with Crippen LogP contribution in [0.2, 0.25) is 5.02 Å². The standard InChI is InChI=1S/C24H23ClFN3O5S/c1-16-7-10-18(11-8-16)35(31,32)29(17-9-12-22(33-2)23(13-17)34-3)15-24(30)28-27-14-19-20(25)5-4-6-21(19)26/h4-14H,15H2,1-3H3,(H,28,30)/b27-14-. The highest BCUT2D eigenvalue weighted by Gasteiger charge is 2.28. The van der Waals surface area contributed by atoms with Gasteiger partial charge in [-0.2, -0.15) is 5.10 Å². The average molecular weight is 520 g/mol. The number of methoxy groups -OCH3 is 2. The lowest BCUT2D eigenvalue weighted by atomic mass is 10.2. The molecule has 3 aromatic rings. The summed E-state index contributed by atoms with van der Waals surface area (Å²) in [7, 11) is -1.30.